The van der Waals surface area contributed by atoms with Crippen molar-refractivity contribution in [1.82, 2.24) is 20.0 Å². The fourth-order valence-corrected chi connectivity index (χ4v) is 4.08. The van der Waals surface area contributed by atoms with E-state index in [-0.39, 0.29) is 12.1 Å². The van der Waals surface area contributed by atoms with Gasteiger partial charge in [-0.2, -0.15) is 0 Å². The fraction of sp³-hybridized carbons (Fsp3) is 0.667. The van der Waals surface area contributed by atoms with Crippen molar-refractivity contribution in [2.75, 3.05) is 13.1 Å². The molecule has 2 fully saturated rings. The van der Waals surface area contributed by atoms with Gasteiger partial charge in [-0.1, -0.05) is 11.3 Å². The molecule has 9 heteroatoms. The van der Waals surface area contributed by atoms with Crippen LogP contribution in [0.1, 0.15) is 24.3 Å². The Bertz CT molecular complexity index is 566. The highest BCUT2D eigenvalue weighted by Crippen LogP contribution is 2.26. The summed E-state index contributed by atoms with van der Waals surface area (Å²) in [7, 11) is 0. The maximum Gasteiger partial charge on any atom is 0.312 e. The Morgan fingerprint density at radius 2 is 2.05 bits per heavy atom. The SMILES string of the molecule is O=C1C(=O)N(C2CC[C@H](O)C2)CCN1Cc1nnc(Br)s1. The lowest BCUT2D eigenvalue weighted by Gasteiger charge is -2.36. The molecule has 1 aliphatic heterocycles. The van der Waals surface area contributed by atoms with Gasteiger partial charge in [-0.3, -0.25) is 9.59 Å². The predicted octanol–water partition coefficient (Wildman–Crippen LogP) is 0.385. The predicted molar refractivity (Wildman–Crippen MR) is 78.4 cm³/mol. The summed E-state index contributed by atoms with van der Waals surface area (Å²) in [6.45, 7) is 1.32. The zero-order valence-corrected chi connectivity index (χ0v) is 13.6. The number of carbonyl (C=O) groups excluding carboxylic acids is 2. The Labute approximate surface area is 134 Å². The van der Waals surface area contributed by atoms with Gasteiger partial charge in [0.25, 0.3) is 0 Å². The first-order chi connectivity index (χ1) is 10.0. The molecule has 0 bridgehead atoms. The van der Waals surface area contributed by atoms with Crippen LogP contribution in [0.5, 0.6) is 0 Å². The van der Waals surface area contributed by atoms with Crippen molar-refractivity contribution in [1.29, 1.82) is 0 Å². The third-order valence-electron chi connectivity index (χ3n) is 3.93. The Hall–Kier alpha value is -1.06. The van der Waals surface area contributed by atoms with Crippen LogP contribution < -0.4 is 0 Å². The van der Waals surface area contributed by atoms with Gasteiger partial charge in [0.1, 0.15) is 5.01 Å². The number of amides is 2. The molecule has 2 amide bonds. The number of carbonyl (C=O) groups is 2. The van der Waals surface area contributed by atoms with Crippen molar-refractivity contribution in [2.45, 2.75) is 38.0 Å². The van der Waals surface area contributed by atoms with Gasteiger partial charge in [0.15, 0.2) is 3.92 Å². The number of aliphatic hydroxyl groups is 1. The average molecular weight is 375 g/mol. The maximum atomic E-state index is 12.2. The summed E-state index contributed by atoms with van der Waals surface area (Å²) in [5.41, 5.74) is 0. The summed E-state index contributed by atoms with van der Waals surface area (Å²) in [6.07, 6.45) is 1.69. The fourth-order valence-electron chi connectivity index (χ4n) is 2.87. The van der Waals surface area contributed by atoms with E-state index >= 15 is 0 Å². The zero-order valence-electron chi connectivity index (χ0n) is 11.2. The summed E-state index contributed by atoms with van der Waals surface area (Å²) in [4.78, 5) is 27.6. The van der Waals surface area contributed by atoms with Gasteiger partial charge >= 0.3 is 11.8 Å². The molecule has 3 rings (SSSR count). The van der Waals surface area contributed by atoms with Gasteiger partial charge in [-0.15, -0.1) is 10.2 Å². The quantitative estimate of drug-likeness (QED) is 0.773. The summed E-state index contributed by atoms with van der Waals surface area (Å²) < 4.78 is 0.662. The van der Waals surface area contributed by atoms with Gasteiger partial charge < -0.3 is 14.9 Å². The Morgan fingerprint density at radius 3 is 2.67 bits per heavy atom. The molecule has 1 unspecified atom stereocenters. The van der Waals surface area contributed by atoms with E-state index in [4.69, 9.17) is 0 Å². The van der Waals surface area contributed by atoms with Gasteiger partial charge in [0.05, 0.1) is 12.6 Å². The van der Waals surface area contributed by atoms with Crippen molar-refractivity contribution >= 4 is 39.1 Å². The molecule has 1 saturated heterocycles. The maximum absolute atomic E-state index is 12.2. The molecule has 0 spiro atoms. The molecule has 2 heterocycles. The molecule has 0 radical (unpaired) electrons. The smallest absolute Gasteiger partial charge is 0.312 e. The molecule has 1 aromatic rings. The monoisotopic (exact) mass is 374 g/mol. The van der Waals surface area contributed by atoms with Crippen LogP contribution in [0.4, 0.5) is 0 Å². The highest BCUT2D eigenvalue weighted by atomic mass is 79.9. The van der Waals surface area contributed by atoms with Gasteiger partial charge in [-0.25, -0.2) is 0 Å². The first-order valence-corrected chi connectivity index (χ1v) is 8.41. The van der Waals surface area contributed by atoms with Crippen molar-refractivity contribution in [3.05, 3.63) is 8.92 Å². The normalized spacial score (nSPS) is 26.8. The minimum absolute atomic E-state index is 0.00530. The van der Waals surface area contributed by atoms with E-state index in [1.807, 2.05) is 0 Å². The van der Waals surface area contributed by atoms with Crippen molar-refractivity contribution < 1.29 is 14.7 Å². The number of hydrogen-bond donors (Lipinski definition) is 1. The molecule has 2 atom stereocenters. The van der Waals surface area contributed by atoms with Gasteiger partial charge in [-0.05, 0) is 35.2 Å². The van der Waals surface area contributed by atoms with E-state index < -0.39 is 11.8 Å². The molecule has 0 aromatic carbocycles. The lowest BCUT2D eigenvalue weighted by Crippen LogP contribution is -2.56. The van der Waals surface area contributed by atoms with E-state index in [9.17, 15) is 14.7 Å². The largest absolute Gasteiger partial charge is 0.393 e. The van der Waals surface area contributed by atoms with E-state index in [2.05, 4.69) is 26.1 Å². The number of hydrogen-bond acceptors (Lipinski definition) is 6. The first-order valence-electron chi connectivity index (χ1n) is 6.80. The molecule has 1 N–H and O–H groups in total. The summed E-state index contributed by atoms with van der Waals surface area (Å²) in [6, 6.07) is -0.00530. The van der Waals surface area contributed by atoms with Gasteiger partial charge in [0.2, 0.25) is 0 Å². The number of nitrogens with zero attached hydrogens (tertiary/aromatic N) is 4. The number of aromatic nitrogens is 2. The minimum atomic E-state index is -0.492. The molecule has 2 aliphatic rings. The lowest BCUT2D eigenvalue weighted by atomic mass is 10.1. The second kappa shape index (κ2) is 5.98. The van der Waals surface area contributed by atoms with Crippen LogP contribution >= 0.6 is 27.3 Å². The summed E-state index contributed by atoms with van der Waals surface area (Å²) in [5, 5.41) is 18.1. The molecule has 7 nitrogen and oxygen atoms in total. The lowest BCUT2D eigenvalue weighted by molar-refractivity contribution is -0.158. The van der Waals surface area contributed by atoms with Crippen molar-refractivity contribution in [3.8, 4) is 0 Å². The zero-order chi connectivity index (χ0) is 15.0. The van der Waals surface area contributed by atoms with Crippen LogP contribution in [0.2, 0.25) is 0 Å². The second-order valence-corrected chi connectivity index (χ2v) is 7.63. The molecule has 1 saturated carbocycles. The van der Waals surface area contributed by atoms with E-state index in [0.717, 1.165) is 6.42 Å². The summed E-state index contributed by atoms with van der Waals surface area (Å²) >= 11 is 4.58. The highest BCUT2D eigenvalue weighted by molar-refractivity contribution is 9.11. The number of halogens is 1. The Kier molecular flexibility index (Phi) is 4.23. The molecule has 21 heavy (non-hydrogen) atoms. The molecule has 1 aliphatic carbocycles. The third kappa shape index (κ3) is 3.09. The molecule has 1 aromatic heterocycles. The van der Waals surface area contributed by atoms with Crippen molar-refractivity contribution in [2.24, 2.45) is 0 Å². The molecule has 114 valence electrons. The van der Waals surface area contributed by atoms with E-state index in [0.29, 0.717) is 41.4 Å². The highest BCUT2D eigenvalue weighted by Gasteiger charge is 2.39. The second-order valence-electron chi connectivity index (χ2n) is 5.29. The average Bonchev–Trinajstić information content (AvgIpc) is 3.04. The standard InChI is InChI=1S/C12H15BrN4O3S/c13-12-15-14-9(21-12)6-16-3-4-17(11(20)10(16)19)7-1-2-8(18)5-7/h7-8,18H,1-6H2/t7?,8-/m0/s1. The molecular formula is C12H15BrN4O3S. The van der Waals surface area contributed by atoms with E-state index in [1.54, 1.807) is 4.90 Å². The topological polar surface area (TPSA) is 86.6 Å². The third-order valence-corrected chi connectivity index (χ3v) is 5.27. The summed E-state index contributed by atoms with van der Waals surface area (Å²) in [5.74, 6) is -0.960. The Morgan fingerprint density at radius 1 is 1.24 bits per heavy atom. The number of aliphatic hydroxyl groups excluding tert-OH is 1. The number of rotatable bonds is 3. The van der Waals surface area contributed by atoms with Crippen LogP contribution in [-0.4, -0.2) is 62.2 Å². The van der Waals surface area contributed by atoms with Crippen molar-refractivity contribution in [3.63, 3.8) is 0 Å². The Balaban J connectivity index is 1.64. The van der Waals surface area contributed by atoms with Crippen LogP contribution in [0.25, 0.3) is 0 Å². The minimum Gasteiger partial charge on any atom is -0.393 e. The molecular weight excluding hydrogens is 360 g/mol. The van der Waals surface area contributed by atoms with E-state index in [1.165, 1.54) is 16.2 Å². The van der Waals surface area contributed by atoms with Crippen LogP contribution in [0, 0.1) is 0 Å². The first kappa shape index (κ1) is 14.9. The van der Waals surface area contributed by atoms with Crippen LogP contribution in [0.3, 0.4) is 0 Å². The number of piperazine rings is 1. The van der Waals surface area contributed by atoms with Crippen LogP contribution in [0.15, 0.2) is 3.92 Å². The van der Waals surface area contributed by atoms with Gasteiger partial charge in [0, 0.05) is 19.1 Å². The van der Waals surface area contributed by atoms with Crippen LogP contribution in [-0.2, 0) is 16.1 Å².